The van der Waals surface area contributed by atoms with Crippen molar-refractivity contribution in [2.24, 2.45) is 0 Å². The molecule has 0 aromatic heterocycles. The smallest absolute Gasteiger partial charge is 0.0457 e. The lowest BCUT2D eigenvalue weighted by Gasteiger charge is -2.10. The van der Waals surface area contributed by atoms with Crippen LogP contribution in [0.5, 0.6) is 0 Å². The minimum atomic E-state index is 0.786. The first-order valence-corrected chi connectivity index (χ1v) is 7.08. The molecule has 0 spiro atoms. The molecule has 0 amide bonds. The van der Waals surface area contributed by atoms with Crippen molar-refractivity contribution in [1.29, 1.82) is 0 Å². The molecule has 3 aromatic carbocycles. The van der Waals surface area contributed by atoms with E-state index in [0.717, 1.165) is 22.7 Å². The van der Waals surface area contributed by atoms with E-state index in [4.69, 9.17) is 11.6 Å². The highest BCUT2D eigenvalue weighted by molar-refractivity contribution is 6.31. The number of halogens is 1. The van der Waals surface area contributed by atoms with E-state index in [-0.39, 0.29) is 0 Å². The van der Waals surface area contributed by atoms with E-state index in [0.29, 0.717) is 0 Å². The van der Waals surface area contributed by atoms with Crippen LogP contribution < -0.4 is 5.32 Å². The molecule has 0 bridgehead atoms. The van der Waals surface area contributed by atoms with E-state index in [1.54, 1.807) is 0 Å². The molecule has 0 aliphatic heterocycles. The maximum atomic E-state index is 6.37. The third-order valence-corrected chi connectivity index (χ3v) is 3.87. The summed E-state index contributed by atoms with van der Waals surface area (Å²) in [4.78, 5) is 0. The third kappa shape index (κ3) is 2.43. The van der Waals surface area contributed by atoms with E-state index in [1.807, 2.05) is 7.05 Å². The van der Waals surface area contributed by atoms with Gasteiger partial charge < -0.3 is 5.32 Å². The molecule has 0 saturated carbocycles. The second kappa shape index (κ2) is 5.66. The van der Waals surface area contributed by atoms with Crippen LogP contribution in [0, 0.1) is 0 Å². The maximum absolute atomic E-state index is 6.37. The summed E-state index contributed by atoms with van der Waals surface area (Å²) in [6.07, 6.45) is 0. The first-order chi connectivity index (χ1) is 9.79. The van der Waals surface area contributed by atoms with Crippen molar-refractivity contribution in [1.82, 2.24) is 5.32 Å². The molecule has 20 heavy (non-hydrogen) atoms. The molecular formula is C18H16ClN. The van der Waals surface area contributed by atoms with Crippen LogP contribution in [0.1, 0.15) is 5.56 Å². The van der Waals surface area contributed by atoms with Gasteiger partial charge in [0.15, 0.2) is 0 Å². The van der Waals surface area contributed by atoms with Crippen molar-refractivity contribution in [3.05, 3.63) is 71.2 Å². The fraction of sp³-hybridized carbons (Fsp3) is 0.111. The minimum absolute atomic E-state index is 0.786. The second-order valence-electron chi connectivity index (χ2n) is 4.86. The maximum Gasteiger partial charge on any atom is 0.0457 e. The average molecular weight is 282 g/mol. The molecule has 0 heterocycles. The largest absolute Gasteiger partial charge is 0.316 e. The van der Waals surface area contributed by atoms with E-state index < -0.39 is 0 Å². The van der Waals surface area contributed by atoms with E-state index in [9.17, 15) is 0 Å². The Kier molecular flexibility index (Phi) is 3.72. The number of benzene rings is 3. The fourth-order valence-corrected chi connectivity index (χ4v) is 2.77. The quantitative estimate of drug-likeness (QED) is 0.721. The Balaban J connectivity index is 2.14. The number of rotatable bonds is 3. The van der Waals surface area contributed by atoms with Crippen molar-refractivity contribution >= 4 is 22.4 Å². The highest BCUT2D eigenvalue weighted by Crippen LogP contribution is 2.31. The van der Waals surface area contributed by atoms with Gasteiger partial charge in [0, 0.05) is 11.6 Å². The molecule has 0 aliphatic carbocycles. The lowest BCUT2D eigenvalue weighted by molar-refractivity contribution is 0.818. The van der Waals surface area contributed by atoms with Crippen LogP contribution in [0.25, 0.3) is 21.9 Å². The van der Waals surface area contributed by atoms with Gasteiger partial charge >= 0.3 is 0 Å². The van der Waals surface area contributed by atoms with Gasteiger partial charge in [-0.25, -0.2) is 0 Å². The Morgan fingerprint density at radius 2 is 1.75 bits per heavy atom. The molecule has 3 rings (SSSR count). The molecule has 1 N–H and O–H groups in total. The topological polar surface area (TPSA) is 12.0 Å². The lowest BCUT2D eigenvalue weighted by Crippen LogP contribution is -2.05. The van der Waals surface area contributed by atoms with Gasteiger partial charge in [-0.3, -0.25) is 0 Å². The Bertz CT molecular complexity index is 744. The summed E-state index contributed by atoms with van der Waals surface area (Å²) < 4.78 is 0. The Morgan fingerprint density at radius 3 is 2.55 bits per heavy atom. The number of hydrogen-bond acceptors (Lipinski definition) is 1. The average Bonchev–Trinajstić information content (AvgIpc) is 2.49. The van der Waals surface area contributed by atoms with Crippen LogP contribution >= 0.6 is 11.6 Å². The predicted molar refractivity (Wildman–Crippen MR) is 87.2 cm³/mol. The molecule has 0 radical (unpaired) electrons. The Labute approximate surface area is 124 Å². The molecule has 0 aliphatic rings. The van der Waals surface area contributed by atoms with Gasteiger partial charge in [-0.15, -0.1) is 0 Å². The summed E-state index contributed by atoms with van der Waals surface area (Å²) in [5.41, 5.74) is 3.51. The van der Waals surface area contributed by atoms with Crippen LogP contribution in [0.2, 0.25) is 5.02 Å². The minimum Gasteiger partial charge on any atom is -0.316 e. The molecule has 100 valence electrons. The van der Waals surface area contributed by atoms with Gasteiger partial charge in [0.2, 0.25) is 0 Å². The van der Waals surface area contributed by atoms with Gasteiger partial charge in [0.25, 0.3) is 0 Å². The van der Waals surface area contributed by atoms with Crippen LogP contribution in [0.15, 0.2) is 60.7 Å². The molecule has 1 nitrogen and oxygen atoms in total. The van der Waals surface area contributed by atoms with Gasteiger partial charge in [-0.1, -0.05) is 66.2 Å². The second-order valence-corrected chi connectivity index (χ2v) is 5.27. The third-order valence-electron chi connectivity index (χ3n) is 3.52. The van der Waals surface area contributed by atoms with Crippen molar-refractivity contribution < 1.29 is 0 Å². The van der Waals surface area contributed by atoms with Crippen molar-refractivity contribution in [2.75, 3.05) is 7.05 Å². The molecule has 0 saturated heterocycles. The molecular weight excluding hydrogens is 266 g/mol. The van der Waals surface area contributed by atoms with E-state index in [1.165, 1.54) is 16.3 Å². The summed E-state index contributed by atoms with van der Waals surface area (Å²) in [6.45, 7) is 0.786. The zero-order valence-electron chi connectivity index (χ0n) is 11.4. The van der Waals surface area contributed by atoms with Gasteiger partial charge in [0.1, 0.15) is 0 Å². The fourth-order valence-electron chi connectivity index (χ4n) is 2.53. The molecule has 0 unspecified atom stereocenters. The lowest BCUT2D eigenvalue weighted by atomic mass is 9.97. The summed E-state index contributed by atoms with van der Waals surface area (Å²) >= 11 is 6.37. The predicted octanol–water partition coefficient (Wildman–Crippen LogP) is 4.88. The molecule has 0 atom stereocenters. The molecule has 2 heteroatoms. The van der Waals surface area contributed by atoms with Crippen LogP contribution in [0.4, 0.5) is 0 Å². The highest BCUT2D eigenvalue weighted by Gasteiger charge is 2.06. The van der Waals surface area contributed by atoms with Gasteiger partial charge in [-0.05, 0) is 40.6 Å². The zero-order valence-corrected chi connectivity index (χ0v) is 12.1. The van der Waals surface area contributed by atoms with Crippen LogP contribution in [-0.2, 0) is 6.54 Å². The first kappa shape index (κ1) is 13.2. The van der Waals surface area contributed by atoms with Crippen LogP contribution in [0.3, 0.4) is 0 Å². The van der Waals surface area contributed by atoms with E-state index in [2.05, 4.69) is 66.0 Å². The summed E-state index contributed by atoms with van der Waals surface area (Å²) in [5.74, 6) is 0. The van der Waals surface area contributed by atoms with Crippen molar-refractivity contribution in [3.63, 3.8) is 0 Å². The highest BCUT2D eigenvalue weighted by atomic mass is 35.5. The Hall–Kier alpha value is -1.83. The number of nitrogens with one attached hydrogen (secondary N) is 1. The van der Waals surface area contributed by atoms with Gasteiger partial charge in [0.05, 0.1) is 0 Å². The van der Waals surface area contributed by atoms with Crippen molar-refractivity contribution in [3.8, 4) is 11.1 Å². The number of hydrogen-bond donors (Lipinski definition) is 1. The summed E-state index contributed by atoms with van der Waals surface area (Å²) in [5, 5.41) is 6.45. The Morgan fingerprint density at radius 1 is 0.950 bits per heavy atom. The standard InChI is InChI=1S/C18H16ClN/c1-20-12-15-10-9-14(11-18(15)19)17-8-4-6-13-5-2-3-7-16(13)17/h2-11,20H,12H2,1H3. The normalized spacial score (nSPS) is 10.9. The molecule has 0 fully saturated rings. The zero-order chi connectivity index (χ0) is 13.9. The molecule has 3 aromatic rings. The van der Waals surface area contributed by atoms with Crippen molar-refractivity contribution in [2.45, 2.75) is 6.54 Å². The number of fused-ring (bicyclic) bond motifs is 1. The first-order valence-electron chi connectivity index (χ1n) is 6.71. The SMILES string of the molecule is CNCc1ccc(-c2cccc3ccccc23)cc1Cl. The monoisotopic (exact) mass is 281 g/mol. The van der Waals surface area contributed by atoms with E-state index >= 15 is 0 Å². The summed E-state index contributed by atoms with van der Waals surface area (Å²) in [7, 11) is 1.93. The van der Waals surface area contributed by atoms with Gasteiger partial charge in [-0.2, -0.15) is 0 Å². The summed E-state index contributed by atoms with van der Waals surface area (Å²) in [6, 6.07) is 21.1. The van der Waals surface area contributed by atoms with Crippen LogP contribution in [-0.4, -0.2) is 7.05 Å².